The summed E-state index contributed by atoms with van der Waals surface area (Å²) in [5.74, 6) is -0.731. The molecule has 1 aliphatic carbocycles. The Morgan fingerprint density at radius 3 is 2.60 bits per heavy atom. The molecular formula is C8H8O2. The van der Waals surface area contributed by atoms with Crippen LogP contribution >= 0.6 is 0 Å². The standard InChI is InChI=1S/C8H8O2/c1-6(9)7-4-2-3-5-8(7)10/h2-5,7H,1H3. The Morgan fingerprint density at radius 2 is 2.20 bits per heavy atom. The molecule has 0 saturated carbocycles. The van der Waals surface area contributed by atoms with Gasteiger partial charge in [-0.05, 0) is 13.0 Å². The number of allylic oxidation sites excluding steroid dienone is 4. The van der Waals surface area contributed by atoms with E-state index in [4.69, 9.17) is 0 Å². The molecule has 0 saturated heterocycles. The van der Waals surface area contributed by atoms with Crippen molar-refractivity contribution in [3.63, 3.8) is 0 Å². The molecule has 0 spiro atoms. The molecule has 52 valence electrons. The highest BCUT2D eigenvalue weighted by Crippen LogP contribution is 2.07. The van der Waals surface area contributed by atoms with Crippen LogP contribution in [0.3, 0.4) is 0 Å². The summed E-state index contributed by atoms with van der Waals surface area (Å²) < 4.78 is 0. The van der Waals surface area contributed by atoms with Crippen molar-refractivity contribution in [2.45, 2.75) is 6.92 Å². The maximum atomic E-state index is 10.9. The van der Waals surface area contributed by atoms with E-state index in [1.165, 1.54) is 13.0 Å². The summed E-state index contributed by atoms with van der Waals surface area (Å²) in [6.07, 6.45) is 6.39. The maximum Gasteiger partial charge on any atom is 0.169 e. The Bertz CT molecular complexity index is 223. The zero-order valence-corrected chi connectivity index (χ0v) is 5.70. The molecule has 1 unspecified atom stereocenters. The summed E-state index contributed by atoms with van der Waals surface area (Å²) in [6.45, 7) is 1.42. The maximum absolute atomic E-state index is 10.9. The highest BCUT2D eigenvalue weighted by molar-refractivity contribution is 6.09. The Labute approximate surface area is 59.2 Å². The number of ketones is 2. The zero-order valence-electron chi connectivity index (χ0n) is 5.70. The number of rotatable bonds is 1. The summed E-state index contributed by atoms with van der Waals surface area (Å²) in [4.78, 5) is 21.6. The molecular weight excluding hydrogens is 128 g/mol. The fraction of sp³-hybridized carbons (Fsp3) is 0.250. The van der Waals surface area contributed by atoms with E-state index in [1.807, 2.05) is 0 Å². The van der Waals surface area contributed by atoms with E-state index in [9.17, 15) is 9.59 Å². The number of Topliss-reactive ketones (excluding diaryl/α,β-unsaturated/α-hetero) is 1. The third kappa shape index (κ3) is 1.21. The predicted octanol–water partition coefficient (Wildman–Crippen LogP) is 0.887. The molecule has 0 aromatic heterocycles. The smallest absolute Gasteiger partial charge is 0.169 e. The summed E-state index contributed by atoms with van der Waals surface area (Å²) in [5, 5.41) is 0. The molecule has 0 aromatic carbocycles. The number of hydrogen-bond donors (Lipinski definition) is 0. The number of hydrogen-bond acceptors (Lipinski definition) is 2. The highest BCUT2D eigenvalue weighted by atomic mass is 16.1. The molecule has 1 rings (SSSR count). The molecule has 0 N–H and O–H groups in total. The van der Waals surface area contributed by atoms with E-state index in [-0.39, 0.29) is 11.6 Å². The Morgan fingerprint density at radius 1 is 1.50 bits per heavy atom. The minimum atomic E-state index is -0.523. The fourth-order valence-corrected chi connectivity index (χ4v) is 0.860. The van der Waals surface area contributed by atoms with Crippen molar-refractivity contribution in [1.82, 2.24) is 0 Å². The first kappa shape index (κ1) is 6.93. The van der Waals surface area contributed by atoms with Gasteiger partial charge in [0.2, 0.25) is 0 Å². The molecule has 0 bridgehead atoms. The summed E-state index contributed by atoms with van der Waals surface area (Å²) >= 11 is 0. The van der Waals surface area contributed by atoms with Crippen LogP contribution in [0, 0.1) is 5.92 Å². The van der Waals surface area contributed by atoms with Crippen molar-refractivity contribution in [2.75, 3.05) is 0 Å². The fourth-order valence-electron chi connectivity index (χ4n) is 0.860. The van der Waals surface area contributed by atoms with Gasteiger partial charge in [-0.1, -0.05) is 18.2 Å². The van der Waals surface area contributed by atoms with Crippen LogP contribution in [0.25, 0.3) is 0 Å². The molecule has 2 nitrogen and oxygen atoms in total. The molecule has 1 aliphatic rings. The van der Waals surface area contributed by atoms with E-state index in [0.29, 0.717) is 0 Å². The van der Waals surface area contributed by atoms with Crippen LogP contribution < -0.4 is 0 Å². The Balaban J connectivity index is 2.80. The first-order valence-corrected chi connectivity index (χ1v) is 3.11. The second kappa shape index (κ2) is 2.60. The second-order valence-corrected chi connectivity index (χ2v) is 2.23. The lowest BCUT2D eigenvalue weighted by Crippen LogP contribution is -2.18. The van der Waals surface area contributed by atoms with Crippen LogP contribution in [0.4, 0.5) is 0 Å². The average molecular weight is 136 g/mol. The van der Waals surface area contributed by atoms with Crippen molar-refractivity contribution in [3.8, 4) is 0 Å². The van der Waals surface area contributed by atoms with Gasteiger partial charge in [0.25, 0.3) is 0 Å². The molecule has 0 heterocycles. The number of carbonyl (C=O) groups excluding carboxylic acids is 2. The normalized spacial score (nSPS) is 23.3. The van der Waals surface area contributed by atoms with Crippen molar-refractivity contribution in [1.29, 1.82) is 0 Å². The predicted molar refractivity (Wildman–Crippen MR) is 37.5 cm³/mol. The van der Waals surface area contributed by atoms with E-state index < -0.39 is 5.92 Å². The van der Waals surface area contributed by atoms with E-state index in [2.05, 4.69) is 0 Å². The molecule has 0 radical (unpaired) electrons. The van der Waals surface area contributed by atoms with E-state index >= 15 is 0 Å². The van der Waals surface area contributed by atoms with Gasteiger partial charge >= 0.3 is 0 Å². The molecule has 2 heteroatoms. The van der Waals surface area contributed by atoms with Gasteiger partial charge in [-0.25, -0.2) is 0 Å². The first-order valence-electron chi connectivity index (χ1n) is 3.11. The summed E-state index contributed by atoms with van der Waals surface area (Å²) in [5.41, 5.74) is 0. The van der Waals surface area contributed by atoms with Gasteiger partial charge in [0.1, 0.15) is 5.78 Å². The van der Waals surface area contributed by atoms with Gasteiger partial charge in [-0.15, -0.1) is 0 Å². The Hall–Kier alpha value is -1.18. The Kier molecular flexibility index (Phi) is 1.81. The van der Waals surface area contributed by atoms with Crippen molar-refractivity contribution in [3.05, 3.63) is 24.3 Å². The second-order valence-electron chi connectivity index (χ2n) is 2.23. The topological polar surface area (TPSA) is 34.1 Å². The number of carbonyl (C=O) groups is 2. The average Bonchev–Trinajstić information content (AvgIpc) is 1.88. The van der Waals surface area contributed by atoms with Gasteiger partial charge in [0, 0.05) is 0 Å². The van der Waals surface area contributed by atoms with Crippen molar-refractivity contribution in [2.24, 2.45) is 5.92 Å². The van der Waals surface area contributed by atoms with E-state index in [1.54, 1.807) is 18.2 Å². The quantitative estimate of drug-likeness (QED) is 0.501. The lowest BCUT2D eigenvalue weighted by atomic mass is 9.96. The molecule has 1 atom stereocenters. The molecule has 10 heavy (non-hydrogen) atoms. The zero-order chi connectivity index (χ0) is 7.56. The summed E-state index contributed by atoms with van der Waals surface area (Å²) in [6, 6.07) is 0. The van der Waals surface area contributed by atoms with Crippen LogP contribution in [0.5, 0.6) is 0 Å². The third-order valence-corrected chi connectivity index (χ3v) is 1.42. The lowest BCUT2D eigenvalue weighted by molar-refractivity contribution is -0.127. The minimum absolute atomic E-state index is 0.0920. The van der Waals surface area contributed by atoms with Crippen molar-refractivity contribution >= 4 is 11.6 Å². The van der Waals surface area contributed by atoms with Crippen LogP contribution in [0.2, 0.25) is 0 Å². The summed E-state index contributed by atoms with van der Waals surface area (Å²) in [7, 11) is 0. The monoisotopic (exact) mass is 136 g/mol. The van der Waals surface area contributed by atoms with E-state index in [0.717, 1.165) is 0 Å². The highest BCUT2D eigenvalue weighted by Gasteiger charge is 2.18. The van der Waals surface area contributed by atoms with Crippen LogP contribution in [-0.4, -0.2) is 11.6 Å². The molecule has 0 amide bonds. The third-order valence-electron chi connectivity index (χ3n) is 1.42. The van der Waals surface area contributed by atoms with Crippen molar-refractivity contribution < 1.29 is 9.59 Å². The molecule has 0 fully saturated rings. The molecule has 0 aliphatic heterocycles. The lowest BCUT2D eigenvalue weighted by Gasteiger charge is -2.05. The largest absolute Gasteiger partial charge is 0.299 e. The molecule has 0 aromatic rings. The van der Waals surface area contributed by atoms with Crippen LogP contribution in [0.15, 0.2) is 24.3 Å². The SMILES string of the molecule is CC(=O)C1C=CC=CC1=O. The van der Waals surface area contributed by atoms with Gasteiger partial charge in [0.05, 0.1) is 5.92 Å². The van der Waals surface area contributed by atoms with Gasteiger partial charge < -0.3 is 0 Å². The van der Waals surface area contributed by atoms with Gasteiger partial charge in [-0.2, -0.15) is 0 Å². The van der Waals surface area contributed by atoms with Gasteiger partial charge in [0.15, 0.2) is 5.78 Å². The van der Waals surface area contributed by atoms with Crippen LogP contribution in [0.1, 0.15) is 6.92 Å². The minimum Gasteiger partial charge on any atom is -0.299 e. The first-order chi connectivity index (χ1) is 4.72. The van der Waals surface area contributed by atoms with Gasteiger partial charge in [-0.3, -0.25) is 9.59 Å². The van der Waals surface area contributed by atoms with Crippen LogP contribution in [-0.2, 0) is 9.59 Å².